The Morgan fingerprint density at radius 2 is 1.72 bits per heavy atom. The Bertz CT molecular complexity index is 598. The van der Waals surface area contributed by atoms with E-state index in [9.17, 15) is 0 Å². The Balaban J connectivity index is 2.64. The molecule has 0 amide bonds. The van der Waals surface area contributed by atoms with E-state index in [0.717, 1.165) is 0 Å². The molecule has 2 nitrogen and oxygen atoms in total. The summed E-state index contributed by atoms with van der Waals surface area (Å²) in [5, 5.41) is 1.98. The van der Waals surface area contributed by atoms with Crippen LogP contribution >= 0.6 is 34.8 Å². The molecule has 0 bridgehead atoms. The summed E-state index contributed by atoms with van der Waals surface area (Å²) in [7, 11) is 0. The molecule has 0 saturated heterocycles. The van der Waals surface area contributed by atoms with Gasteiger partial charge in [-0.2, -0.15) is 0 Å². The van der Waals surface area contributed by atoms with E-state index in [0.29, 0.717) is 31.8 Å². The second-order valence-electron chi connectivity index (χ2n) is 5.39. The number of benzene rings is 1. The van der Waals surface area contributed by atoms with Crippen LogP contribution in [0.5, 0.6) is 0 Å². The maximum Gasteiger partial charge on any atom is 0.154 e. The Morgan fingerprint density at radius 3 is 2.28 bits per heavy atom. The predicted octanol–water partition coefficient (Wildman–Crippen LogP) is 5.44. The average Bonchev–Trinajstić information content (AvgIpc) is 2.69. The summed E-state index contributed by atoms with van der Waals surface area (Å²) in [5.41, 5.74) is 6.58. The molecule has 1 aromatic carbocycles. The lowest BCUT2D eigenvalue weighted by molar-refractivity contribution is 0.290. The molecule has 0 aliphatic heterocycles. The number of halogens is 3. The normalized spacial score (nSPS) is 14.2. The maximum atomic E-state index is 6.16. The standard InChI is InChI=1S/C13H14Cl3NO/c1-13(2,3)12(17)9-4-6-10(16)7(14)5-8(15)11(6)18-9/h4-5,12H,17H2,1-3H3. The van der Waals surface area contributed by atoms with Gasteiger partial charge in [-0.25, -0.2) is 0 Å². The van der Waals surface area contributed by atoms with Crippen LogP contribution in [0, 0.1) is 5.41 Å². The van der Waals surface area contributed by atoms with E-state index in [1.54, 1.807) is 6.07 Å². The van der Waals surface area contributed by atoms with Crippen molar-refractivity contribution >= 4 is 45.8 Å². The summed E-state index contributed by atoms with van der Waals surface area (Å²) in [6, 6.07) is 3.14. The van der Waals surface area contributed by atoms with E-state index < -0.39 is 0 Å². The number of fused-ring (bicyclic) bond motifs is 1. The van der Waals surface area contributed by atoms with Gasteiger partial charge in [0.1, 0.15) is 5.76 Å². The van der Waals surface area contributed by atoms with Gasteiger partial charge < -0.3 is 10.2 Å². The van der Waals surface area contributed by atoms with E-state index >= 15 is 0 Å². The fraction of sp³-hybridized carbons (Fsp3) is 0.385. The van der Waals surface area contributed by atoms with Crippen LogP contribution in [0.25, 0.3) is 11.0 Å². The molecule has 5 heteroatoms. The van der Waals surface area contributed by atoms with E-state index in [1.807, 2.05) is 26.8 Å². The fourth-order valence-electron chi connectivity index (χ4n) is 1.70. The van der Waals surface area contributed by atoms with Crippen molar-refractivity contribution in [3.05, 3.63) is 33.0 Å². The van der Waals surface area contributed by atoms with E-state index in [-0.39, 0.29) is 11.5 Å². The van der Waals surface area contributed by atoms with Crippen LogP contribution in [-0.2, 0) is 0 Å². The van der Waals surface area contributed by atoms with Crippen LogP contribution in [0.1, 0.15) is 32.6 Å². The van der Waals surface area contributed by atoms with Gasteiger partial charge in [0, 0.05) is 5.39 Å². The fourth-order valence-corrected chi connectivity index (χ4v) is 2.41. The Labute approximate surface area is 121 Å². The third-order valence-corrected chi connectivity index (χ3v) is 3.99. The minimum Gasteiger partial charge on any atom is -0.458 e. The van der Waals surface area contributed by atoms with Crippen molar-refractivity contribution in [1.29, 1.82) is 0 Å². The largest absolute Gasteiger partial charge is 0.458 e. The third kappa shape index (κ3) is 2.35. The molecule has 2 aromatic rings. The van der Waals surface area contributed by atoms with Gasteiger partial charge in [-0.3, -0.25) is 0 Å². The molecule has 0 saturated carbocycles. The van der Waals surface area contributed by atoms with Crippen LogP contribution in [0.2, 0.25) is 15.1 Å². The summed E-state index contributed by atoms with van der Waals surface area (Å²) in [4.78, 5) is 0. The van der Waals surface area contributed by atoms with Gasteiger partial charge >= 0.3 is 0 Å². The lowest BCUT2D eigenvalue weighted by Gasteiger charge is -2.24. The molecular weight excluding hydrogens is 293 g/mol. The minimum absolute atomic E-state index is 0.114. The molecule has 98 valence electrons. The van der Waals surface area contributed by atoms with E-state index in [2.05, 4.69) is 0 Å². The SMILES string of the molecule is CC(C)(C)C(N)c1cc2c(Cl)c(Cl)cc(Cl)c2o1. The number of rotatable bonds is 1. The molecule has 0 spiro atoms. The molecule has 1 unspecified atom stereocenters. The van der Waals surface area contributed by atoms with Crippen LogP contribution in [0.4, 0.5) is 0 Å². The van der Waals surface area contributed by atoms with Crippen LogP contribution in [0.3, 0.4) is 0 Å². The minimum atomic E-state index is -0.240. The second kappa shape index (κ2) is 4.61. The Kier molecular flexibility index (Phi) is 3.58. The number of hydrogen-bond acceptors (Lipinski definition) is 2. The van der Waals surface area contributed by atoms with Gasteiger partial charge in [-0.1, -0.05) is 55.6 Å². The van der Waals surface area contributed by atoms with Crippen molar-refractivity contribution in [3.8, 4) is 0 Å². The first-order valence-corrected chi connectivity index (χ1v) is 6.67. The molecule has 1 aromatic heterocycles. The zero-order valence-electron chi connectivity index (χ0n) is 10.4. The smallest absolute Gasteiger partial charge is 0.154 e. The molecule has 18 heavy (non-hydrogen) atoms. The summed E-state index contributed by atoms with van der Waals surface area (Å²) in [6.07, 6.45) is 0. The summed E-state index contributed by atoms with van der Waals surface area (Å²) in [6.45, 7) is 6.13. The molecule has 0 aliphatic carbocycles. The summed E-state index contributed by atoms with van der Waals surface area (Å²) < 4.78 is 5.72. The van der Waals surface area contributed by atoms with Crippen molar-refractivity contribution < 1.29 is 4.42 Å². The number of nitrogens with two attached hydrogens (primary N) is 1. The van der Waals surface area contributed by atoms with Crippen LogP contribution in [0.15, 0.2) is 16.5 Å². The third-order valence-electron chi connectivity index (χ3n) is 2.91. The topological polar surface area (TPSA) is 39.2 Å². The van der Waals surface area contributed by atoms with Gasteiger partial charge in [0.15, 0.2) is 5.58 Å². The molecule has 1 atom stereocenters. The molecule has 0 aliphatic rings. The Morgan fingerprint density at radius 1 is 1.11 bits per heavy atom. The molecule has 2 N–H and O–H groups in total. The first-order valence-electron chi connectivity index (χ1n) is 5.54. The van der Waals surface area contributed by atoms with Gasteiger partial charge in [0.25, 0.3) is 0 Å². The van der Waals surface area contributed by atoms with Crippen LogP contribution < -0.4 is 5.73 Å². The molecule has 2 rings (SSSR count). The quantitative estimate of drug-likeness (QED) is 0.713. The maximum absolute atomic E-state index is 6.16. The van der Waals surface area contributed by atoms with Crippen molar-refractivity contribution in [2.24, 2.45) is 11.1 Å². The zero-order chi connectivity index (χ0) is 13.7. The Hall–Kier alpha value is -0.410. The van der Waals surface area contributed by atoms with Gasteiger partial charge in [0.05, 0.1) is 21.1 Å². The second-order valence-corrected chi connectivity index (χ2v) is 6.58. The average molecular weight is 307 g/mol. The van der Waals surface area contributed by atoms with E-state index in [4.69, 9.17) is 45.0 Å². The summed E-state index contributed by atoms with van der Waals surface area (Å²) >= 11 is 18.2. The molecule has 0 fully saturated rings. The molecular formula is C13H14Cl3NO. The van der Waals surface area contributed by atoms with Crippen molar-refractivity contribution in [2.75, 3.05) is 0 Å². The lowest BCUT2D eigenvalue weighted by Crippen LogP contribution is -2.25. The highest BCUT2D eigenvalue weighted by atomic mass is 35.5. The highest BCUT2D eigenvalue weighted by Gasteiger charge is 2.26. The molecule has 0 radical (unpaired) electrons. The van der Waals surface area contributed by atoms with Crippen molar-refractivity contribution in [2.45, 2.75) is 26.8 Å². The first-order chi connectivity index (χ1) is 8.21. The van der Waals surface area contributed by atoms with Gasteiger partial charge in [-0.05, 0) is 17.5 Å². The van der Waals surface area contributed by atoms with Crippen molar-refractivity contribution in [1.82, 2.24) is 0 Å². The number of hydrogen-bond donors (Lipinski definition) is 1. The van der Waals surface area contributed by atoms with Gasteiger partial charge in [-0.15, -0.1) is 0 Å². The lowest BCUT2D eigenvalue weighted by atomic mass is 9.86. The van der Waals surface area contributed by atoms with Gasteiger partial charge in [0.2, 0.25) is 0 Å². The summed E-state index contributed by atoms with van der Waals surface area (Å²) in [5.74, 6) is 0.656. The highest BCUT2D eigenvalue weighted by molar-refractivity contribution is 6.47. The molecule has 1 heterocycles. The van der Waals surface area contributed by atoms with Crippen molar-refractivity contribution in [3.63, 3.8) is 0 Å². The zero-order valence-corrected chi connectivity index (χ0v) is 12.6. The first kappa shape index (κ1) is 14.0. The van der Waals surface area contributed by atoms with E-state index in [1.165, 1.54) is 0 Å². The highest BCUT2D eigenvalue weighted by Crippen LogP contribution is 2.41. The predicted molar refractivity (Wildman–Crippen MR) is 77.6 cm³/mol. The monoisotopic (exact) mass is 305 g/mol. The number of furan rings is 1. The van der Waals surface area contributed by atoms with Crippen LogP contribution in [-0.4, -0.2) is 0 Å².